The molecule has 0 radical (unpaired) electrons. The Labute approximate surface area is 351 Å². The van der Waals surface area contributed by atoms with E-state index in [9.17, 15) is 0 Å². The van der Waals surface area contributed by atoms with Gasteiger partial charge in [-0.25, -0.2) is 0 Å². The van der Waals surface area contributed by atoms with Gasteiger partial charge in [0.2, 0.25) is 0 Å². The van der Waals surface area contributed by atoms with Gasteiger partial charge in [-0.1, -0.05) is 159 Å². The largest absolute Gasteiger partial charge is 0.396 e. The van der Waals surface area contributed by atoms with E-state index < -0.39 is 12.2 Å². The van der Waals surface area contributed by atoms with Crippen LogP contribution in [0.4, 0.5) is 0 Å². The summed E-state index contributed by atoms with van der Waals surface area (Å²) in [5, 5.41) is 77.7. The van der Waals surface area contributed by atoms with Crippen LogP contribution in [0.5, 0.6) is 0 Å². The molecular weight excluding hydrogens is 709 g/mol. The fourth-order valence-corrected chi connectivity index (χ4v) is 3.29. The first kappa shape index (κ1) is 70.2. The van der Waals surface area contributed by atoms with Gasteiger partial charge < -0.3 is 46.0 Å². The molecule has 0 aromatic heterocycles. The first-order valence-corrected chi connectivity index (χ1v) is 21.2. The summed E-state index contributed by atoms with van der Waals surface area (Å²) in [5.41, 5.74) is 1.84. The molecule has 0 bridgehead atoms. The van der Waals surface area contributed by atoms with Crippen LogP contribution >= 0.6 is 0 Å². The number of rotatable bonds is 11. The predicted octanol–water partition coefficient (Wildman–Crippen LogP) is 9.51. The lowest BCUT2D eigenvalue weighted by Crippen LogP contribution is -2.26. The number of aliphatic hydroxyl groups excluding tert-OH is 9. The number of hydrogen-bond acceptors (Lipinski definition) is 9. The smallest absolute Gasteiger partial charge is 0.0775 e. The Morgan fingerprint density at radius 3 is 0.804 bits per heavy atom. The third-order valence-corrected chi connectivity index (χ3v) is 7.86. The van der Waals surface area contributed by atoms with Crippen LogP contribution in [-0.4, -0.2) is 104 Å². The van der Waals surface area contributed by atoms with E-state index >= 15 is 0 Å². The lowest BCUT2D eigenvalue weighted by atomic mass is 9.82. The monoisotopic (exact) mass is 817 g/mol. The summed E-state index contributed by atoms with van der Waals surface area (Å²) in [7, 11) is 0. The maximum atomic E-state index is 8.97. The molecule has 0 amide bonds. The van der Waals surface area contributed by atoms with Crippen molar-refractivity contribution in [2.45, 2.75) is 210 Å². The lowest BCUT2D eigenvalue weighted by Gasteiger charge is -2.26. The molecule has 9 N–H and O–H groups in total. The van der Waals surface area contributed by atoms with Crippen LogP contribution in [0.15, 0.2) is 0 Å². The zero-order chi connectivity index (χ0) is 47.0. The minimum atomic E-state index is -0.551. The highest BCUT2D eigenvalue weighted by molar-refractivity contribution is 4.72. The van der Waals surface area contributed by atoms with Crippen molar-refractivity contribution in [3.05, 3.63) is 0 Å². The summed E-state index contributed by atoms with van der Waals surface area (Å²) < 4.78 is 0. The van der Waals surface area contributed by atoms with Gasteiger partial charge in [0.15, 0.2) is 0 Å². The summed E-state index contributed by atoms with van der Waals surface area (Å²) in [5.74, 6) is 0.417. The van der Waals surface area contributed by atoms with Gasteiger partial charge in [-0.2, -0.15) is 0 Å². The van der Waals surface area contributed by atoms with E-state index in [4.69, 9.17) is 46.0 Å². The molecule has 350 valence electrons. The van der Waals surface area contributed by atoms with Gasteiger partial charge in [-0.15, -0.1) is 0 Å². The zero-order valence-electron chi connectivity index (χ0n) is 42.0. The third kappa shape index (κ3) is 85.7. The minimum Gasteiger partial charge on any atom is -0.396 e. The second-order valence-electron chi connectivity index (χ2n) is 23.8. The van der Waals surface area contributed by atoms with E-state index in [1.165, 1.54) is 0 Å². The summed E-state index contributed by atoms with van der Waals surface area (Å²) in [6, 6.07) is 0. The quantitative estimate of drug-likeness (QED) is 0.0981. The molecule has 0 aromatic rings. The van der Waals surface area contributed by atoms with Gasteiger partial charge in [0.05, 0.1) is 25.4 Å². The maximum Gasteiger partial charge on any atom is 0.0775 e. The van der Waals surface area contributed by atoms with E-state index in [0.717, 1.165) is 25.7 Å². The second kappa shape index (κ2) is 35.4. The Balaban J connectivity index is -0.000000101. The Bertz CT molecular complexity index is 772. The number of hydrogen-bond donors (Lipinski definition) is 9. The fourth-order valence-electron chi connectivity index (χ4n) is 3.29. The highest BCUT2D eigenvalue weighted by Crippen LogP contribution is 2.25. The van der Waals surface area contributed by atoms with Crippen molar-refractivity contribution < 1.29 is 46.0 Å². The zero-order valence-corrected chi connectivity index (χ0v) is 42.0. The van der Waals surface area contributed by atoms with E-state index in [1.807, 2.05) is 41.5 Å². The second-order valence-corrected chi connectivity index (χ2v) is 23.8. The molecule has 0 spiro atoms. The van der Waals surface area contributed by atoms with Crippen LogP contribution in [-0.2, 0) is 0 Å². The number of aliphatic hydroxyl groups is 9. The van der Waals surface area contributed by atoms with Crippen molar-refractivity contribution in [1.29, 1.82) is 0 Å². The lowest BCUT2D eigenvalue weighted by molar-refractivity contribution is 0.0612. The first-order valence-electron chi connectivity index (χ1n) is 21.2. The molecule has 56 heavy (non-hydrogen) atoms. The van der Waals surface area contributed by atoms with Gasteiger partial charge >= 0.3 is 0 Å². The highest BCUT2D eigenvalue weighted by Gasteiger charge is 2.22. The molecule has 0 aliphatic carbocycles. The molecule has 2 unspecified atom stereocenters. The van der Waals surface area contributed by atoms with Crippen molar-refractivity contribution in [1.82, 2.24) is 0 Å². The van der Waals surface area contributed by atoms with Crippen molar-refractivity contribution in [2.24, 2.45) is 49.7 Å². The SMILES string of the molecule is CC(C)(C)C.CC(C)(C)C(CO)CO.CC(C)(C)CC(O)CO.CC(C)(C)CCC(O)CO.CC(C)(C)CCCO.CC(C)(C)CCO.C[C@H](CO)C(C)(C)C. The van der Waals surface area contributed by atoms with Crippen molar-refractivity contribution in [3.8, 4) is 0 Å². The molecule has 0 aromatic carbocycles. The van der Waals surface area contributed by atoms with Gasteiger partial charge in [0.1, 0.15) is 0 Å². The van der Waals surface area contributed by atoms with Crippen LogP contribution in [0.1, 0.15) is 198 Å². The van der Waals surface area contributed by atoms with E-state index in [2.05, 4.69) is 118 Å². The predicted molar refractivity (Wildman–Crippen MR) is 244 cm³/mol. The van der Waals surface area contributed by atoms with Gasteiger partial charge in [0, 0.05) is 39.0 Å². The first-order chi connectivity index (χ1) is 24.5. The van der Waals surface area contributed by atoms with E-state index in [0.29, 0.717) is 54.8 Å². The molecule has 0 saturated carbocycles. The van der Waals surface area contributed by atoms with Crippen molar-refractivity contribution in [2.75, 3.05) is 46.2 Å². The van der Waals surface area contributed by atoms with Gasteiger partial charge in [0.25, 0.3) is 0 Å². The molecule has 9 heteroatoms. The molecule has 0 heterocycles. The van der Waals surface area contributed by atoms with Crippen LogP contribution in [0, 0.1) is 49.7 Å². The van der Waals surface area contributed by atoms with Gasteiger partial charge in [-0.3, -0.25) is 0 Å². The maximum absolute atomic E-state index is 8.97. The average molecular weight is 817 g/mol. The molecule has 0 saturated heterocycles. The standard InChI is InChI=1S/C8H18O2.2C7H16O2.2C7H16O.C6H14O.C5H12/c1-8(2,3)5-4-7(10)6-9;1-7(2,3)6(4-8)5-9;1-7(2,3)4-6(9)5-8;1-6(5-8)7(2,3)4;1-7(2,3)5-4-6-8;1-6(2,3)4-5-7;1-5(2,3)4/h7,9-10H,4-6H2,1-3H3;2*6,8-9H,4-5H2,1-3H3;6,8H,5H2,1-4H3;8H,4-6H2,1-3H3;7H,4-5H2,1-3H3;1-4H3/t;;;6-;;;/m...1.../s1. The highest BCUT2D eigenvalue weighted by atomic mass is 16.3. The summed E-state index contributed by atoms with van der Waals surface area (Å²) in [4.78, 5) is 0. The molecule has 0 aliphatic rings. The normalized spacial score (nSPS) is 13.9. The Morgan fingerprint density at radius 1 is 0.375 bits per heavy atom. The third-order valence-electron chi connectivity index (χ3n) is 7.86. The van der Waals surface area contributed by atoms with E-state index in [-0.39, 0.29) is 54.0 Å². The van der Waals surface area contributed by atoms with Crippen LogP contribution < -0.4 is 0 Å². The van der Waals surface area contributed by atoms with E-state index in [1.54, 1.807) is 0 Å². The molecule has 0 fully saturated rings. The summed E-state index contributed by atoms with van der Waals surface area (Å²) in [6.07, 6.45) is 4.17. The molecular formula is C47H108O9. The topological polar surface area (TPSA) is 182 Å². The molecule has 0 rings (SSSR count). The van der Waals surface area contributed by atoms with Gasteiger partial charge in [-0.05, 0) is 82.3 Å². The van der Waals surface area contributed by atoms with Crippen LogP contribution in [0.25, 0.3) is 0 Å². The molecule has 9 nitrogen and oxygen atoms in total. The van der Waals surface area contributed by atoms with Crippen molar-refractivity contribution >= 4 is 0 Å². The fraction of sp³-hybridized carbons (Fsp3) is 1.00. The Hall–Kier alpha value is -0.360. The summed E-state index contributed by atoms with van der Waals surface area (Å²) >= 11 is 0. The molecule has 3 atom stereocenters. The molecule has 0 aliphatic heterocycles. The van der Waals surface area contributed by atoms with Crippen molar-refractivity contribution in [3.63, 3.8) is 0 Å². The average Bonchev–Trinajstić information content (AvgIpc) is 2.96. The Kier molecular flexibility index (Phi) is 44.4. The van der Waals surface area contributed by atoms with Crippen LogP contribution in [0.2, 0.25) is 0 Å². The van der Waals surface area contributed by atoms with Crippen LogP contribution in [0.3, 0.4) is 0 Å². The minimum absolute atomic E-state index is 0.0116. The summed E-state index contributed by atoms with van der Waals surface area (Å²) in [6.45, 7) is 49.4. The Morgan fingerprint density at radius 2 is 0.714 bits per heavy atom.